The molecular formula is C17H19N5O3. The Morgan fingerprint density at radius 3 is 2.80 bits per heavy atom. The number of ether oxygens (including phenoxy) is 2. The van der Waals surface area contributed by atoms with E-state index in [1.807, 2.05) is 42.8 Å². The fraction of sp³-hybridized carbons (Fsp3) is 0.412. The molecule has 8 nitrogen and oxygen atoms in total. The molecule has 3 aromatic rings. The van der Waals surface area contributed by atoms with Crippen LogP contribution in [0.2, 0.25) is 0 Å². The van der Waals surface area contributed by atoms with Crippen LogP contribution in [0.3, 0.4) is 0 Å². The van der Waals surface area contributed by atoms with E-state index in [2.05, 4.69) is 20.5 Å². The highest BCUT2D eigenvalue weighted by Gasteiger charge is 2.27. The Hall–Kier alpha value is -2.74. The molecule has 0 radical (unpaired) electrons. The topological polar surface area (TPSA) is 88.1 Å². The number of hydrogen-bond acceptors (Lipinski definition) is 7. The first-order valence-electron chi connectivity index (χ1n) is 8.38. The van der Waals surface area contributed by atoms with Gasteiger partial charge >= 0.3 is 0 Å². The third-order valence-corrected chi connectivity index (χ3v) is 4.15. The smallest absolute Gasteiger partial charge is 0.280 e. The van der Waals surface area contributed by atoms with Crippen LogP contribution < -0.4 is 4.74 Å². The summed E-state index contributed by atoms with van der Waals surface area (Å²) in [5.41, 5.74) is 2.53. The molecule has 8 heteroatoms. The molecular weight excluding hydrogens is 322 g/mol. The maximum atomic E-state index is 6.01. The van der Waals surface area contributed by atoms with Gasteiger partial charge in [-0.15, -0.1) is 5.10 Å². The van der Waals surface area contributed by atoms with Crippen LogP contribution in [-0.2, 0) is 24.3 Å². The second-order valence-corrected chi connectivity index (χ2v) is 5.74. The molecule has 2 aromatic heterocycles. The SMILES string of the molecule is CCOc1ccc([C@H]2Cn3nnc(-c4nc(CC)no4)c3CO2)cc1. The van der Waals surface area contributed by atoms with Crippen molar-refractivity contribution in [3.8, 4) is 17.3 Å². The summed E-state index contributed by atoms with van der Waals surface area (Å²) in [6.07, 6.45) is 0.634. The predicted molar refractivity (Wildman–Crippen MR) is 87.8 cm³/mol. The van der Waals surface area contributed by atoms with Crippen molar-refractivity contribution in [2.45, 2.75) is 39.5 Å². The fourth-order valence-corrected chi connectivity index (χ4v) is 2.82. The van der Waals surface area contributed by atoms with Gasteiger partial charge in [-0.25, -0.2) is 4.68 Å². The van der Waals surface area contributed by atoms with Gasteiger partial charge in [0.2, 0.25) is 0 Å². The van der Waals surface area contributed by atoms with E-state index in [4.69, 9.17) is 14.0 Å². The summed E-state index contributed by atoms with van der Waals surface area (Å²) in [7, 11) is 0. The molecule has 1 aromatic carbocycles. The standard InChI is InChI=1S/C17H19N5O3/c1-3-15-18-17(25-20-15)16-13-10-24-14(9-22(13)21-19-16)11-5-7-12(8-6-11)23-4-2/h5-8,14H,3-4,9-10H2,1-2H3/t14-/m1/s1. The number of aromatic nitrogens is 5. The highest BCUT2D eigenvalue weighted by molar-refractivity contribution is 5.49. The molecule has 0 amide bonds. The zero-order chi connectivity index (χ0) is 17.2. The first-order chi connectivity index (χ1) is 12.3. The molecule has 4 rings (SSSR count). The summed E-state index contributed by atoms with van der Waals surface area (Å²) in [5, 5.41) is 12.3. The molecule has 0 saturated heterocycles. The first-order valence-corrected chi connectivity index (χ1v) is 8.38. The van der Waals surface area contributed by atoms with Gasteiger partial charge in [0.1, 0.15) is 11.9 Å². The minimum Gasteiger partial charge on any atom is -0.494 e. The van der Waals surface area contributed by atoms with Gasteiger partial charge in [-0.1, -0.05) is 29.4 Å². The Bertz CT molecular complexity index is 856. The predicted octanol–water partition coefficient (Wildman–Crippen LogP) is 2.56. The minimum atomic E-state index is -0.0772. The minimum absolute atomic E-state index is 0.0772. The van der Waals surface area contributed by atoms with E-state index in [0.29, 0.717) is 43.6 Å². The largest absolute Gasteiger partial charge is 0.494 e. The van der Waals surface area contributed by atoms with Gasteiger partial charge in [-0.05, 0) is 24.6 Å². The van der Waals surface area contributed by atoms with Crippen molar-refractivity contribution in [1.29, 1.82) is 0 Å². The third kappa shape index (κ3) is 3.00. The van der Waals surface area contributed by atoms with E-state index in [1.54, 1.807) is 0 Å². The van der Waals surface area contributed by atoms with Crippen LogP contribution in [0.5, 0.6) is 5.75 Å². The summed E-state index contributed by atoms with van der Waals surface area (Å²) in [6, 6.07) is 7.94. The molecule has 3 heterocycles. The van der Waals surface area contributed by atoms with E-state index >= 15 is 0 Å². The normalized spacial score (nSPS) is 16.6. The quantitative estimate of drug-likeness (QED) is 0.704. The number of aryl methyl sites for hydroxylation is 1. The molecule has 0 unspecified atom stereocenters. The lowest BCUT2D eigenvalue weighted by molar-refractivity contribution is -0.00119. The number of hydrogen-bond donors (Lipinski definition) is 0. The number of benzene rings is 1. The van der Waals surface area contributed by atoms with Gasteiger partial charge in [0.25, 0.3) is 5.89 Å². The van der Waals surface area contributed by atoms with Crippen LogP contribution in [0.25, 0.3) is 11.6 Å². The van der Waals surface area contributed by atoms with Crippen LogP contribution in [0, 0.1) is 0 Å². The van der Waals surface area contributed by atoms with Crippen molar-refractivity contribution in [3.05, 3.63) is 41.3 Å². The van der Waals surface area contributed by atoms with Gasteiger partial charge in [0, 0.05) is 6.42 Å². The molecule has 25 heavy (non-hydrogen) atoms. The Balaban J connectivity index is 1.54. The Morgan fingerprint density at radius 1 is 1.24 bits per heavy atom. The van der Waals surface area contributed by atoms with Crippen LogP contribution in [0.15, 0.2) is 28.8 Å². The Morgan fingerprint density at radius 2 is 2.08 bits per heavy atom. The van der Waals surface area contributed by atoms with Gasteiger partial charge in [-0.2, -0.15) is 4.98 Å². The molecule has 0 spiro atoms. The summed E-state index contributed by atoms with van der Waals surface area (Å²) < 4.78 is 18.6. The summed E-state index contributed by atoms with van der Waals surface area (Å²) in [4.78, 5) is 4.32. The fourth-order valence-electron chi connectivity index (χ4n) is 2.82. The second-order valence-electron chi connectivity index (χ2n) is 5.74. The summed E-state index contributed by atoms with van der Waals surface area (Å²) in [5.74, 6) is 1.90. The molecule has 0 saturated carbocycles. The van der Waals surface area contributed by atoms with Crippen LogP contribution in [0.1, 0.15) is 37.0 Å². The zero-order valence-electron chi connectivity index (χ0n) is 14.2. The maximum Gasteiger partial charge on any atom is 0.280 e. The van der Waals surface area contributed by atoms with Gasteiger partial charge < -0.3 is 14.0 Å². The lowest BCUT2D eigenvalue weighted by atomic mass is 10.1. The highest BCUT2D eigenvalue weighted by Crippen LogP contribution is 2.30. The van der Waals surface area contributed by atoms with Crippen molar-refractivity contribution in [3.63, 3.8) is 0 Å². The lowest BCUT2D eigenvalue weighted by Gasteiger charge is -2.24. The number of rotatable bonds is 5. The molecule has 0 bridgehead atoms. The second kappa shape index (κ2) is 6.64. The zero-order valence-corrected chi connectivity index (χ0v) is 14.2. The van der Waals surface area contributed by atoms with E-state index < -0.39 is 0 Å². The van der Waals surface area contributed by atoms with E-state index in [0.717, 1.165) is 17.0 Å². The van der Waals surface area contributed by atoms with Crippen LogP contribution in [0.4, 0.5) is 0 Å². The molecule has 130 valence electrons. The van der Waals surface area contributed by atoms with Gasteiger partial charge in [-0.3, -0.25) is 0 Å². The van der Waals surface area contributed by atoms with Crippen LogP contribution in [-0.4, -0.2) is 31.7 Å². The molecule has 0 fully saturated rings. The van der Waals surface area contributed by atoms with Crippen molar-refractivity contribution in [1.82, 2.24) is 25.1 Å². The van der Waals surface area contributed by atoms with Crippen molar-refractivity contribution < 1.29 is 14.0 Å². The van der Waals surface area contributed by atoms with Crippen molar-refractivity contribution in [2.75, 3.05) is 6.61 Å². The number of fused-ring (bicyclic) bond motifs is 1. The lowest BCUT2D eigenvalue weighted by Crippen LogP contribution is -2.22. The summed E-state index contributed by atoms with van der Waals surface area (Å²) >= 11 is 0. The van der Waals surface area contributed by atoms with Gasteiger partial charge in [0.05, 0.1) is 25.5 Å². The van der Waals surface area contributed by atoms with Crippen LogP contribution >= 0.6 is 0 Å². The summed E-state index contributed by atoms with van der Waals surface area (Å²) in [6.45, 7) is 5.57. The molecule has 0 aliphatic carbocycles. The highest BCUT2D eigenvalue weighted by atomic mass is 16.5. The van der Waals surface area contributed by atoms with E-state index in [1.165, 1.54) is 0 Å². The first kappa shape index (κ1) is 15.8. The van der Waals surface area contributed by atoms with Crippen molar-refractivity contribution in [2.24, 2.45) is 0 Å². The molecule has 1 aliphatic heterocycles. The number of nitrogens with zero attached hydrogens (tertiary/aromatic N) is 5. The maximum absolute atomic E-state index is 6.01. The molecule has 0 N–H and O–H groups in total. The average molecular weight is 341 g/mol. The Kier molecular flexibility index (Phi) is 4.19. The third-order valence-electron chi connectivity index (χ3n) is 4.15. The van der Waals surface area contributed by atoms with Crippen molar-refractivity contribution >= 4 is 0 Å². The van der Waals surface area contributed by atoms with E-state index in [-0.39, 0.29) is 6.10 Å². The molecule has 1 atom stereocenters. The molecule has 1 aliphatic rings. The van der Waals surface area contributed by atoms with E-state index in [9.17, 15) is 0 Å². The van der Waals surface area contributed by atoms with Gasteiger partial charge in [0.15, 0.2) is 11.5 Å². The monoisotopic (exact) mass is 341 g/mol. The Labute approximate surface area is 144 Å². The average Bonchev–Trinajstić information content (AvgIpc) is 3.28.